The van der Waals surface area contributed by atoms with E-state index in [2.05, 4.69) is 22.1 Å². The van der Waals surface area contributed by atoms with Gasteiger partial charge in [0.2, 0.25) is 0 Å². The van der Waals surface area contributed by atoms with Crippen molar-refractivity contribution in [3.05, 3.63) is 65.3 Å². The molecule has 0 radical (unpaired) electrons. The molecule has 3 aromatic rings. The number of nitrogens with one attached hydrogen (secondary N) is 1. The van der Waals surface area contributed by atoms with Crippen LogP contribution in [0.1, 0.15) is 17.3 Å². The predicted octanol–water partition coefficient (Wildman–Crippen LogP) is 4.60. The average molecular weight is 340 g/mol. The summed E-state index contributed by atoms with van der Waals surface area (Å²) in [5.74, 6) is -0.150. The minimum absolute atomic E-state index is 0.150. The molecule has 2 aromatic carbocycles. The summed E-state index contributed by atoms with van der Waals surface area (Å²) >= 11 is 5.89. The van der Waals surface area contributed by atoms with Crippen molar-refractivity contribution >= 4 is 39.8 Å². The Bertz CT molecular complexity index is 895. The number of benzene rings is 2. The maximum Gasteiger partial charge on any atom is 0.255 e. The zero-order valence-corrected chi connectivity index (χ0v) is 14.3. The van der Waals surface area contributed by atoms with Crippen LogP contribution >= 0.6 is 11.6 Å². The summed E-state index contributed by atoms with van der Waals surface area (Å²) in [6, 6.07) is 16.7. The van der Waals surface area contributed by atoms with Gasteiger partial charge in [-0.3, -0.25) is 4.79 Å². The SMILES string of the molecule is CCN(C)c1cccc(NC(=O)c2ccc3nc(Cl)ccc3c2)c1. The summed E-state index contributed by atoms with van der Waals surface area (Å²) < 4.78 is 0. The third-order valence-corrected chi connectivity index (χ3v) is 4.15. The first-order chi connectivity index (χ1) is 11.6. The highest BCUT2D eigenvalue weighted by Gasteiger charge is 2.09. The van der Waals surface area contributed by atoms with Gasteiger partial charge in [-0.15, -0.1) is 0 Å². The maximum absolute atomic E-state index is 12.5. The molecule has 0 saturated heterocycles. The zero-order valence-electron chi connectivity index (χ0n) is 13.6. The largest absolute Gasteiger partial charge is 0.375 e. The van der Waals surface area contributed by atoms with E-state index in [1.54, 1.807) is 18.2 Å². The van der Waals surface area contributed by atoms with Gasteiger partial charge in [-0.05, 0) is 55.5 Å². The molecule has 4 nitrogen and oxygen atoms in total. The van der Waals surface area contributed by atoms with Gasteiger partial charge in [-0.1, -0.05) is 17.7 Å². The van der Waals surface area contributed by atoms with Crippen LogP contribution in [0.25, 0.3) is 10.9 Å². The lowest BCUT2D eigenvalue weighted by molar-refractivity contribution is 0.102. The van der Waals surface area contributed by atoms with Gasteiger partial charge in [-0.2, -0.15) is 0 Å². The summed E-state index contributed by atoms with van der Waals surface area (Å²) in [6.07, 6.45) is 0. The van der Waals surface area contributed by atoms with Crippen molar-refractivity contribution in [1.29, 1.82) is 0 Å². The van der Waals surface area contributed by atoms with Gasteiger partial charge in [0.15, 0.2) is 0 Å². The Kier molecular flexibility index (Phi) is 4.67. The molecule has 1 N–H and O–H groups in total. The number of hydrogen-bond donors (Lipinski definition) is 1. The number of halogens is 1. The van der Waals surface area contributed by atoms with Crippen LogP contribution < -0.4 is 10.2 Å². The van der Waals surface area contributed by atoms with Crippen LogP contribution in [-0.4, -0.2) is 24.5 Å². The molecule has 0 bridgehead atoms. The molecule has 0 spiro atoms. The van der Waals surface area contributed by atoms with E-state index in [0.29, 0.717) is 10.7 Å². The summed E-state index contributed by atoms with van der Waals surface area (Å²) in [7, 11) is 2.02. The summed E-state index contributed by atoms with van der Waals surface area (Å²) in [4.78, 5) is 18.8. The number of carbonyl (C=O) groups excluding carboxylic acids is 1. The Morgan fingerprint density at radius 1 is 1.17 bits per heavy atom. The number of anilines is 2. The van der Waals surface area contributed by atoms with E-state index in [-0.39, 0.29) is 5.91 Å². The van der Waals surface area contributed by atoms with Gasteiger partial charge >= 0.3 is 0 Å². The van der Waals surface area contributed by atoms with Gasteiger partial charge in [0.1, 0.15) is 5.15 Å². The molecule has 0 saturated carbocycles. The predicted molar refractivity (Wildman–Crippen MR) is 100 cm³/mol. The van der Waals surface area contributed by atoms with Crippen molar-refractivity contribution in [2.24, 2.45) is 0 Å². The monoisotopic (exact) mass is 339 g/mol. The van der Waals surface area contributed by atoms with Gasteiger partial charge in [0.25, 0.3) is 5.91 Å². The molecule has 24 heavy (non-hydrogen) atoms. The molecule has 1 heterocycles. The molecule has 5 heteroatoms. The summed E-state index contributed by atoms with van der Waals surface area (Å²) in [6.45, 7) is 2.98. The Morgan fingerprint density at radius 2 is 2.00 bits per heavy atom. The number of rotatable bonds is 4. The minimum Gasteiger partial charge on any atom is -0.375 e. The highest BCUT2D eigenvalue weighted by Crippen LogP contribution is 2.21. The molecule has 3 rings (SSSR count). The first kappa shape index (κ1) is 16.3. The first-order valence-corrected chi connectivity index (χ1v) is 8.13. The zero-order chi connectivity index (χ0) is 17.1. The highest BCUT2D eigenvalue weighted by molar-refractivity contribution is 6.29. The smallest absolute Gasteiger partial charge is 0.255 e. The second kappa shape index (κ2) is 6.89. The number of fused-ring (bicyclic) bond motifs is 1. The fourth-order valence-corrected chi connectivity index (χ4v) is 2.60. The molecule has 1 aromatic heterocycles. The van der Waals surface area contributed by atoms with Crippen molar-refractivity contribution in [2.75, 3.05) is 23.8 Å². The van der Waals surface area contributed by atoms with Crippen LogP contribution in [-0.2, 0) is 0 Å². The van der Waals surface area contributed by atoms with E-state index in [9.17, 15) is 4.79 Å². The molecule has 122 valence electrons. The molecule has 1 amide bonds. The Labute approximate surface area is 146 Å². The first-order valence-electron chi connectivity index (χ1n) is 7.75. The van der Waals surface area contributed by atoms with Crippen LogP contribution in [0.3, 0.4) is 0 Å². The molecule has 0 atom stereocenters. The highest BCUT2D eigenvalue weighted by atomic mass is 35.5. The van der Waals surface area contributed by atoms with Gasteiger partial charge < -0.3 is 10.2 Å². The van der Waals surface area contributed by atoms with Crippen molar-refractivity contribution in [2.45, 2.75) is 6.92 Å². The number of nitrogens with zero attached hydrogens (tertiary/aromatic N) is 2. The Hall–Kier alpha value is -2.59. The molecule has 0 unspecified atom stereocenters. The van der Waals surface area contributed by atoms with Crippen molar-refractivity contribution in [3.63, 3.8) is 0 Å². The molecular weight excluding hydrogens is 322 g/mol. The van der Waals surface area contributed by atoms with E-state index in [1.807, 2.05) is 43.4 Å². The number of aromatic nitrogens is 1. The standard InChI is InChI=1S/C19H18ClN3O/c1-3-23(2)16-6-4-5-15(12-16)21-19(24)14-7-9-17-13(11-14)8-10-18(20)22-17/h4-12H,3H2,1-2H3,(H,21,24). The van der Waals surface area contributed by atoms with Crippen LogP contribution in [0.4, 0.5) is 11.4 Å². The number of amides is 1. The molecule has 0 aliphatic carbocycles. The molecule has 0 aliphatic heterocycles. The van der Waals surface area contributed by atoms with Crippen LogP contribution in [0.2, 0.25) is 5.15 Å². The van der Waals surface area contributed by atoms with E-state index in [4.69, 9.17) is 11.6 Å². The normalized spacial score (nSPS) is 10.6. The lowest BCUT2D eigenvalue weighted by atomic mass is 10.1. The molecular formula is C19H18ClN3O. The van der Waals surface area contributed by atoms with Gasteiger partial charge in [0.05, 0.1) is 5.52 Å². The Morgan fingerprint density at radius 3 is 2.79 bits per heavy atom. The molecule has 0 aliphatic rings. The van der Waals surface area contributed by atoms with Crippen LogP contribution in [0.15, 0.2) is 54.6 Å². The number of carbonyl (C=O) groups is 1. The average Bonchev–Trinajstić information content (AvgIpc) is 2.60. The Balaban J connectivity index is 1.83. The van der Waals surface area contributed by atoms with E-state index < -0.39 is 0 Å². The van der Waals surface area contributed by atoms with Crippen LogP contribution in [0, 0.1) is 0 Å². The van der Waals surface area contributed by atoms with Crippen molar-refractivity contribution in [3.8, 4) is 0 Å². The minimum atomic E-state index is -0.150. The summed E-state index contributed by atoms with van der Waals surface area (Å²) in [5.41, 5.74) is 3.19. The fraction of sp³-hybridized carbons (Fsp3) is 0.158. The quantitative estimate of drug-likeness (QED) is 0.707. The maximum atomic E-state index is 12.5. The van der Waals surface area contributed by atoms with Gasteiger partial charge in [-0.25, -0.2) is 4.98 Å². The number of hydrogen-bond acceptors (Lipinski definition) is 3. The fourth-order valence-electron chi connectivity index (χ4n) is 2.45. The van der Waals surface area contributed by atoms with Crippen LogP contribution in [0.5, 0.6) is 0 Å². The number of pyridine rings is 1. The van der Waals surface area contributed by atoms with E-state index in [1.165, 1.54) is 0 Å². The lowest BCUT2D eigenvalue weighted by Crippen LogP contribution is -2.16. The second-order valence-corrected chi connectivity index (χ2v) is 5.95. The second-order valence-electron chi connectivity index (χ2n) is 5.56. The van der Waals surface area contributed by atoms with E-state index >= 15 is 0 Å². The van der Waals surface area contributed by atoms with Crippen molar-refractivity contribution in [1.82, 2.24) is 4.98 Å². The lowest BCUT2D eigenvalue weighted by Gasteiger charge is -2.17. The van der Waals surface area contributed by atoms with E-state index in [0.717, 1.165) is 28.8 Å². The summed E-state index contributed by atoms with van der Waals surface area (Å²) in [5, 5.41) is 4.26. The van der Waals surface area contributed by atoms with Crippen molar-refractivity contribution < 1.29 is 4.79 Å². The van der Waals surface area contributed by atoms with Gasteiger partial charge in [0, 0.05) is 35.9 Å². The molecule has 0 fully saturated rings. The topological polar surface area (TPSA) is 45.2 Å². The third kappa shape index (κ3) is 3.49. The third-order valence-electron chi connectivity index (χ3n) is 3.94.